The number of amides is 1. The zero-order chi connectivity index (χ0) is 17.5. The smallest absolute Gasteiger partial charge is 0.271 e. The van der Waals surface area contributed by atoms with E-state index >= 15 is 0 Å². The third kappa shape index (κ3) is 2.79. The van der Waals surface area contributed by atoms with E-state index < -0.39 is 0 Å². The monoisotopic (exact) mass is 354 g/mol. The molecular formula is C18H22N6O2. The van der Waals surface area contributed by atoms with Gasteiger partial charge < -0.3 is 15.0 Å². The lowest BCUT2D eigenvalue weighted by Gasteiger charge is -2.40. The van der Waals surface area contributed by atoms with Crippen molar-refractivity contribution in [3.63, 3.8) is 0 Å². The standard InChI is InChI=1S/C18H22N6O2/c25-18(15-8-17-24(22-15)5-2-6-26-17)19-9-12-10-23(11-12)16-7-13-3-1-4-14(13)20-21-16/h7-8,12H,1-6,9-11H2,(H,19,25). The van der Waals surface area contributed by atoms with Crippen molar-refractivity contribution in [3.05, 3.63) is 29.1 Å². The van der Waals surface area contributed by atoms with Crippen LogP contribution in [0.4, 0.5) is 5.82 Å². The molecule has 0 spiro atoms. The Morgan fingerprint density at radius 1 is 1.23 bits per heavy atom. The average molecular weight is 354 g/mol. The maximum Gasteiger partial charge on any atom is 0.271 e. The number of fused-ring (bicyclic) bond motifs is 2. The zero-order valence-corrected chi connectivity index (χ0v) is 14.6. The number of ether oxygens (including phenoxy) is 1. The molecule has 0 aromatic carbocycles. The predicted octanol–water partition coefficient (Wildman–Crippen LogP) is 0.810. The molecular weight excluding hydrogens is 332 g/mol. The summed E-state index contributed by atoms with van der Waals surface area (Å²) in [5, 5.41) is 16.0. The largest absolute Gasteiger partial charge is 0.478 e. The summed E-state index contributed by atoms with van der Waals surface area (Å²) in [6.07, 6.45) is 4.28. The Bertz CT molecular complexity index is 819. The molecule has 1 aliphatic carbocycles. The Morgan fingerprint density at radius 3 is 3.04 bits per heavy atom. The normalized spacial score (nSPS) is 18.7. The second-order valence-corrected chi connectivity index (χ2v) is 7.30. The van der Waals surface area contributed by atoms with Crippen molar-refractivity contribution in [2.45, 2.75) is 32.2 Å². The van der Waals surface area contributed by atoms with E-state index in [1.165, 1.54) is 12.0 Å². The number of carbonyl (C=O) groups excluding carboxylic acids is 1. The fraction of sp³-hybridized carbons (Fsp3) is 0.556. The molecule has 0 unspecified atom stereocenters. The van der Waals surface area contributed by atoms with Gasteiger partial charge in [-0.3, -0.25) is 4.79 Å². The SMILES string of the molecule is O=C(NCC1CN(c2cc3c(nn2)CCC3)C1)c1cc2n(n1)CCCO2. The van der Waals surface area contributed by atoms with Gasteiger partial charge >= 0.3 is 0 Å². The summed E-state index contributed by atoms with van der Waals surface area (Å²) in [7, 11) is 0. The molecule has 0 saturated carbocycles. The Balaban J connectivity index is 1.13. The molecule has 5 rings (SSSR count). The van der Waals surface area contributed by atoms with Crippen molar-refractivity contribution in [1.29, 1.82) is 0 Å². The van der Waals surface area contributed by atoms with Gasteiger partial charge in [-0.2, -0.15) is 10.2 Å². The summed E-state index contributed by atoms with van der Waals surface area (Å²) < 4.78 is 7.27. The molecule has 0 radical (unpaired) electrons. The topological polar surface area (TPSA) is 85.2 Å². The van der Waals surface area contributed by atoms with Crippen LogP contribution in [0, 0.1) is 5.92 Å². The van der Waals surface area contributed by atoms with Crippen LogP contribution < -0.4 is 15.0 Å². The predicted molar refractivity (Wildman–Crippen MR) is 94.4 cm³/mol. The number of anilines is 1. The highest BCUT2D eigenvalue weighted by atomic mass is 16.5. The highest BCUT2D eigenvalue weighted by Crippen LogP contribution is 2.27. The van der Waals surface area contributed by atoms with Crippen LogP contribution in [0.2, 0.25) is 0 Å². The van der Waals surface area contributed by atoms with E-state index in [-0.39, 0.29) is 5.91 Å². The minimum absolute atomic E-state index is 0.133. The molecule has 136 valence electrons. The molecule has 2 aromatic rings. The van der Waals surface area contributed by atoms with Crippen LogP contribution >= 0.6 is 0 Å². The van der Waals surface area contributed by atoms with Crippen LogP contribution in [0.15, 0.2) is 12.1 Å². The Kier molecular flexibility index (Phi) is 3.76. The first-order valence-electron chi connectivity index (χ1n) is 9.35. The van der Waals surface area contributed by atoms with E-state index in [1.807, 2.05) is 0 Å². The second kappa shape index (κ2) is 6.26. The van der Waals surface area contributed by atoms with Crippen molar-refractivity contribution in [2.24, 2.45) is 5.92 Å². The third-order valence-corrected chi connectivity index (χ3v) is 5.38. The van der Waals surface area contributed by atoms with Crippen molar-refractivity contribution in [2.75, 3.05) is 31.1 Å². The molecule has 4 heterocycles. The van der Waals surface area contributed by atoms with Crippen LogP contribution in [0.3, 0.4) is 0 Å². The highest BCUT2D eigenvalue weighted by Gasteiger charge is 2.29. The van der Waals surface area contributed by atoms with Crippen LogP contribution in [0.5, 0.6) is 5.88 Å². The number of nitrogens with one attached hydrogen (secondary N) is 1. The molecule has 2 aliphatic heterocycles. The van der Waals surface area contributed by atoms with Gasteiger partial charge in [-0.15, -0.1) is 5.10 Å². The van der Waals surface area contributed by atoms with E-state index in [9.17, 15) is 4.79 Å². The molecule has 2 aromatic heterocycles. The summed E-state index contributed by atoms with van der Waals surface area (Å²) in [5.74, 6) is 1.95. The van der Waals surface area contributed by atoms with Crippen molar-refractivity contribution < 1.29 is 9.53 Å². The number of hydrogen-bond acceptors (Lipinski definition) is 6. The lowest BCUT2D eigenvalue weighted by atomic mass is 10.00. The highest BCUT2D eigenvalue weighted by molar-refractivity contribution is 5.92. The molecule has 0 atom stereocenters. The van der Waals surface area contributed by atoms with Crippen molar-refractivity contribution >= 4 is 11.7 Å². The first-order valence-corrected chi connectivity index (χ1v) is 9.35. The maximum absolute atomic E-state index is 12.3. The minimum Gasteiger partial charge on any atom is -0.478 e. The summed E-state index contributed by atoms with van der Waals surface area (Å²) >= 11 is 0. The molecule has 1 N–H and O–H groups in total. The van der Waals surface area contributed by atoms with Gasteiger partial charge in [0.1, 0.15) is 0 Å². The number of aromatic nitrogens is 4. The van der Waals surface area contributed by atoms with Gasteiger partial charge in [0.2, 0.25) is 5.88 Å². The van der Waals surface area contributed by atoms with Gasteiger partial charge in [-0.1, -0.05) is 0 Å². The molecule has 8 nitrogen and oxygen atoms in total. The number of nitrogens with zero attached hydrogens (tertiary/aromatic N) is 5. The van der Waals surface area contributed by atoms with E-state index in [4.69, 9.17) is 4.74 Å². The van der Waals surface area contributed by atoms with Crippen LogP contribution in [0.25, 0.3) is 0 Å². The lowest BCUT2D eigenvalue weighted by molar-refractivity contribution is 0.0938. The molecule has 1 amide bonds. The fourth-order valence-electron chi connectivity index (χ4n) is 3.86. The quantitative estimate of drug-likeness (QED) is 0.875. The van der Waals surface area contributed by atoms with Crippen LogP contribution in [0.1, 0.15) is 34.6 Å². The van der Waals surface area contributed by atoms with E-state index in [0.29, 0.717) is 30.6 Å². The van der Waals surface area contributed by atoms with E-state index in [0.717, 1.165) is 50.4 Å². The summed E-state index contributed by atoms with van der Waals surface area (Å²) in [6, 6.07) is 3.90. The molecule has 0 bridgehead atoms. The van der Waals surface area contributed by atoms with E-state index in [1.54, 1.807) is 10.7 Å². The molecule has 1 fully saturated rings. The summed E-state index contributed by atoms with van der Waals surface area (Å²) in [4.78, 5) is 14.5. The van der Waals surface area contributed by atoms with Crippen LogP contribution in [-0.4, -0.2) is 52.1 Å². The zero-order valence-electron chi connectivity index (χ0n) is 14.6. The lowest BCUT2D eigenvalue weighted by Crippen LogP contribution is -2.52. The number of hydrogen-bond donors (Lipinski definition) is 1. The molecule has 26 heavy (non-hydrogen) atoms. The van der Waals surface area contributed by atoms with Crippen LogP contribution in [-0.2, 0) is 19.4 Å². The van der Waals surface area contributed by atoms with Crippen molar-refractivity contribution in [1.82, 2.24) is 25.3 Å². The first-order chi connectivity index (χ1) is 12.8. The average Bonchev–Trinajstić information content (AvgIpc) is 3.26. The third-order valence-electron chi connectivity index (χ3n) is 5.38. The van der Waals surface area contributed by atoms with Gasteiger partial charge in [0.05, 0.1) is 12.3 Å². The summed E-state index contributed by atoms with van der Waals surface area (Å²) in [6.45, 7) is 3.95. The number of rotatable bonds is 4. The van der Waals surface area contributed by atoms with Crippen molar-refractivity contribution in [3.8, 4) is 5.88 Å². The van der Waals surface area contributed by atoms with Gasteiger partial charge in [0.25, 0.3) is 5.91 Å². The van der Waals surface area contributed by atoms with Gasteiger partial charge in [-0.05, 0) is 30.9 Å². The number of aryl methyl sites for hydroxylation is 3. The Hall–Kier alpha value is -2.64. The first kappa shape index (κ1) is 15.6. The van der Waals surface area contributed by atoms with Gasteiger partial charge in [-0.25, -0.2) is 4.68 Å². The molecule has 1 saturated heterocycles. The summed E-state index contributed by atoms with van der Waals surface area (Å²) in [5.41, 5.74) is 2.94. The van der Waals surface area contributed by atoms with E-state index in [2.05, 4.69) is 31.6 Å². The fourth-order valence-corrected chi connectivity index (χ4v) is 3.86. The molecule has 8 heteroatoms. The molecule has 3 aliphatic rings. The minimum atomic E-state index is -0.133. The van der Waals surface area contributed by atoms with Gasteiger partial charge in [0.15, 0.2) is 11.5 Å². The number of carbonyl (C=O) groups is 1. The second-order valence-electron chi connectivity index (χ2n) is 7.30. The Labute approximate surface area is 151 Å². The maximum atomic E-state index is 12.3. The Morgan fingerprint density at radius 2 is 2.15 bits per heavy atom. The van der Waals surface area contributed by atoms with Gasteiger partial charge in [0, 0.05) is 44.6 Å².